The van der Waals surface area contributed by atoms with Crippen LogP contribution in [0.5, 0.6) is 11.5 Å². The first-order valence-corrected chi connectivity index (χ1v) is 10.6. The van der Waals surface area contributed by atoms with Crippen LogP contribution in [0.25, 0.3) is 0 Å². The molecule has 1 saturated carbocycles. The molecule has 3 aliphatic rings. The van der Waals surface area contributed by atoms with Crippen LogP contribution in [-0.2, 0) is 9.59 Å². The van der Waals surface area contributed by atoms with Gasteiger partial charge in [0, 0.05) is 11.6 Å². The number of amides is 3. The Morgan fingerprint density at radius 3 is 2.56 bits per heavy atom. The van der Waals surface area contributed by atoms with Crippen LogP contribution < -0.4 is 19.7 Å². The van der Waals surface area contributed by atoms with Crippen LogP contribution in [0, 0.1) is 23.7 Å². The Morgan fingerprint density at radius 1 is 1.03 bits per heavy atom. The molecule has 2 fully saturated rings. The molecule has 1 heterocycles. The first kappa shape index (κ1) is 20.3. The van der Waals surface area contributed by atoms with Crippen LogP contribution in [0.2, 0.25) is 0 Å². The monoisotopic (exact) mass is 432 g/mol. The fourth-order valence-electron chi connectivity index (χ4n) is 5.42. The van der Waals surface area contributed by atoms with Gasteiger partial charge in [-0.05, 0) is 55.5 Å². The molecular formula is C25H24N2O5. The Morgan fingerprint density at radius 2 is 1.81 bits per heavy atom. The molecule has 1 N–H and O–H groups in total. The lowest BCUT2D eigenvalue weighted by atomic mass is 9.82. The number of methoxy groups -OCH3 is 2. The largest absolute Gasteiger partial charge is 0.497 e. The minimum atomic E-state index is -0.379. The number of anilines is 2. The molecule has 2 aliphatic carbocycles. The summed E-state index contributed by atoms with van der Waals surface area (Å²) in [7, 11) is 3.06. The van der Waals surface area contributed by atoms with Gasteiger partial charge in [0.05, 0.1) is 37.4 Å². The summed E-state index contributed by atoms with van der Waals surface area (Å²) in [5, 5.41) is 2.82. The molecule has 1 aliphatic heterocycles. The summed E-state index contributed by atoms with van der Waals surface area (Å²) in [5.74, 6) is 0.0905. The number of benzene rings is 2. The van der Waals surface area contributed by atoms with Gasteiger partial charge in [-0.2, -0.15) is 0 Å². The van der Waals surface area contributed by atoms with Crippen LogP contribution >= 0.6 is 0 Å². The smallest absolute Gasteiger partial charge is 0.255 e. The summed E-state index contributed by atoms with van der Waals surface area (Å²) >= 11 is 0. The van der Waals surface area contributed by atoms with Gasteiger partial charge in [-0.3, -0.25) is 14.4 Å². The molecule has 4 atom stereocenters. The average Bonchev–Trinajstić information content (AvgIpc) is 3.43. The van der Waals surface area contributed by atoms with Gasteiger partial charge in [0.15, 0.2) is 0 Å². The van der Waals surface area contributed by atoms with Crippen LogP contribution in [0.3, 0.4) is 0 Å². The topological polar surface area (TPSA) is 84.9 Å². The van der Waals surface area contributed by atoms with E-state index in [0.717, 1.165) is 6.42 Å². The molecule has 2 bridgehead atoms. The van der Waals surface area contributed by atoms with Crippen LogP contribution in [0.1, 0.15) is 23.7 Å². The van der Waals surface area contributed by atoms with Crippen LogP contribution in [0.15, 0.2) is 54.1 Å². The lowest BCUT2D eigenvalue weighted by Crippen LogP contribution is -2.33. The van der Waals surface area contributed by atoms with Crippen molar-refractivity contribution in [2.24, 2.45) is 23.7 Å². The summed E-state index contributed by atoms with van der Waals surface area (Å²) in [6.07, 6.45) is 3.03. The van der Waals surface area contributed by atoms with Gasteiger partial charge in [0.2, 0.25) is 11.8 Å². The Kier molecular flexibility index (Phi) is 4.77. The molecule has 2 aromatic rings. The Hall–Kier alpha value is -3.61. The quantitative estimate of drug-likeness (QED) is 0.576. The predicted molar refractivity (Wildman–Crippen MR) is 119 cm³/mol. The number of nitrogens with one attached hydrogen (secondary N) is 1. The average molecular weight is 432 g/mol. The number of hydrogen-bond donors (Lipinski definition) is 1. The van der Waals surface area contributed by atoms with E-state index in [-0.39, 0.29) is 41.4 Å². The van der Waals surface area contributed by atoms with Crippen molar-refractivity contribution < 1.29 is 23.9 Å². The van der Waals surface area contributed by atoms with E-state index in [1.165, 1.54) is 17.6 Å². The van der Waals surface area contributed by atoms with Crippen molar-refractivity contribution >= 4 is 29.1 Å². The van der Waals surface area contributed by atoms with Crippen molar-refractivity contribution in [3.05, 3.63) is 59.7 Å². The molecular weight excluding hydrogens is 408 g/mol. The number of nitrogens with zero attached hydrogens (tertiary/aromatic N) is 1. The molecule has 3 amide bonds. The highest BCUT2D eigenvalue weighted by atomic mass is 16.5. The van der Waals surface area contributed by atoms with Crippen molar-refractivity contribution in [2.45, 2.75) is 13.3 Å². The molecule has 7 heteroatoms. The molecule has 0 radical (unpaired) electrons. The minimum absolute atomic E-state index is 0.137. The standard InChI is InChI=1S/C25H24N2O5/c1-13-9-15-11-18(13)22-21(15)24(29)27(25(22)30)16-6-4-5-14(10-16)23(28)26-19-12-17(31-2)7-8-20(19)32-3/h4-10,12,15,18,21-22H,11H2,1-3H3,(H,26,28)/t15-,18+,21-,22-/m0/s1. The Balaban J connectivity index is 1.41. The van der Waals surface area contributed by atoms with Crippen LogP contribution in [0.4, 0.5) is 11.4 Å². The zero-order valence-corrected chi connectivity index (χ0v) is 18.1. The number of imide groups is 1. The third kappa shape index (κ3) is 2.99. The lowest BCUT2D eigenvalue weighted by molar-refractivity contribution is -0.123. The summed E-state index contributed by atoms with van der Waals surface area (Å²) in [4.78, 5) is 40.6. The predicted octanol–water partition coefficient (Wildman–Crippen LogP) is 3.66. The maximum Gasteiger partial charge on any atom is 0.255 e. The number of carbonyl (C=O) groups excluding carboxylic acids is 3. The van der Waals surface area contributed by atoms with Crippen molar-refractivity contribution in [3.8, 4) is 11.5 Å². The normalized spacial score (nSPS) is 25.6. The second-order valence-electron chi connectivity index (χ2n) is 8.55. The van der Waals surface area contributed by atoms with Gasteiger partial charge < -0.3 is 14.8 Å². The van der Waals surface area contributed by atoms with E-state index in [9.17, 15) is 14.4 Å². The SMILES string of the molecule is COc1ccc(OC)c(NC(=O)c2cccc(N3C(=O)[C@@H]4[C@@H](C3=O)[C@H]3C=C(C)[C@H]4C3)c2)c1. The van der Waals surface area contributed by atoms with Gasteiger partial charge in [-0.15, -0.1) is 0 Å². The number of hydrogen-bond acceptors (Lipinski definition) is 5. The van der Waals surface area contributed by atoms with Crippen molar-refractivity contribution in [1.29, 1.82) is 0 Å². The third-order valence-corrected chi connectivity index (χ3v) is 6.90. The van der Waals surface area contributed by atoms with Gasteiger partial charge in [-0.1, -0.05) is 17.7 Å². The molecule has 1 saturated heterocycles. The number of rotatable bonds is 5. The Bertz CT molecular complexity index is 1170. The molecule has 0 aromatic heterocycles. The van der Waals surface area contributed by atoms with Gasteiger partial charge >= 0.3 is 0 Å². The number of allylic oxidation sites excluding steroid dienone is 2. The maximum atomic E-state index is 13.2. The number of carbonyl (C=O) groups is 3. The second kappa shape index (κ2) is 7.51. The highest BCUT2D eigenvalue weighted by Gasteiger charge is 2.60. The maximum absolute atomic E-state index is 13.2. The van der Waals surface area contributed by atoms with E-state index in [1.807, 2.05) is 6.92 Å². The van der Waals surface area contributed by atoms with E-state index in [2.05, 4.69) is 11.4 Å². The lowest BCUT2D eigenvalue weighted by Gasteiger charge is -2.19. The van der Waals surface area contributed by atoms with Gasteiger partial charge in [0.25, 0.3) is 5.91 Å². The summed E-state index contributed by atoms with van der Waals surface area (Å²) in [6.45, 7) is 2.04. The molecule has 0 spiro atoms. The van der Waals surface area contributed by atoms with E-state index in [1.54, 1.807) is 49.6 Å². The van der Waals surface area contributed by atoms with E-state index >= 15 is 0 Å². The molecule has 2 aromatic carbocycles. The summed E-state index contributed by atoms with van der Waals surface area (Å²) < 4.78 is 10.5. The first-order chi connectivity index (χ1) is 15.4. The first-order valence-electron chi connectivity index (χ1n) is 10.6. The van der Waals surface area contributed by atoms with E-state index in [0.29, 0.717) is 28.4 Å². The molecule has 0 unspecified atom stereocenters. The van der Waals surface area contributed by atoms with Crippen molar-refractivity contribution in [3.63, 3.8) is 0 Å². The van der Waals surface area contributed by atoms with Crippen molar-refractivity contribution in [2.75, 3.05) is 24.4 Å². The highest BCUT2D eigenvalue weighted by Crippen LogP contribution is 2.55. The molecule has 7 nitrogen and oxygen atoms in total. The fraction of sp³-hybridized carbons (Fsp3) is 0.320. The zero-order valence-electron chi connectivity index (χ0n) is 18.1. The third-order valence-electron chi connectivity index (χ3n) is 6.90. The summed E-state index contributed by atoms with van der Waals surface area (Å²) in [6, 6.07) is 11.7. The van der Waals surface area contributed by atoms with Crippen molar-refractivity contribution in [1.82, 2.24) is 0 Å². The number of fused-ring (bicyclic) bond motifs is 5. The van der Waals surface area contributed by atoms with E-state index in [4.69, 9.17) is 9.47 Å². The second-order valence-corrected chi connectivity index (χ2v) is 8.55. The molecule has 32 heavy (non-hydrogen) atoms. The number of ether oxygens (including phenoxy) is 2. The minimum Gasteiger partial charge on any atom is -0.497 e. The zero-order chi connectivity index (χ0) is 22.6. The van der Waals surface area contributed by atoms with Crippen LogP contribution in [-0.4, -0.2) is 31.9 Å². The molecule has 164 valence electrons. The van der Waals surface area contributed by atoms with E-state index < -0.39 is 0 Å². The van der Waals surface area contributed by atoms with Gasteiger partial charge in [0.1, 0.15) is 11.5 Å². The summed E-state index contributed by atoms with van der Waals surface area (Å²) in [5.41, 5.74) is 2.43. The van der Waals surface area contributed by atoms with Gasteiger partial charge in [-0.25, -0.2) is 4.90 Å². The molecule has 5 rings (SSSR count). The highest BCUT2D eigenvalue weighted by molar-refractivity contribution is 6.23. The Labute approximate surface area is 186 Å². The fourth-order valence-corrected chi connectivity index (χ4v) is 5.42.